The number of para-hydroxylation sites is 2. The first kappa shape index (κ1) is 21.0. The Balaban J connectivity index is 1.16. The third-order valence-corrected chi connectivity index (χ3v) is 5.67. The first-order valence-corrected chi connectivity index (χ1v) is 10.7. The van der Waals surface area contributed by atoms with Gasteiger partial charge in [0.1, 0.15) is 5.75 Å². The standard InChI is InChI=1S/C23H28N4O4/c1-30-21-7-3-2-6-19(21)27-14-12-26(13-15-27)11-5-4-10-24-22(28)17-8-9-20-18(16-17)25-23(29)31-20/h2-3,6-9,16H,4-5,10-15H2,1H3,(H,24,28)(H,25,29). The summed E-state index contributed by atoms with van der Waals surface area (Å²) in [6, 6.07) is 13.1. The summed E-state index contributed by atoms with van der Waals surface area (Å²) in [4.78, 5) is 31.0. The number of H-pyrrole nitrogens is 1. The van der Waals surface area contributed by atoms with Gasteiger partial charge in [-0.05, 0) is 49.7 Å². The van der Waals surface area contributed by atoms with Crippen molar-refractivity contribution in [3.63, 3.8) is 0 Å². The van der Waals surface area contributed by atoms with Gasteiger partial charge in [-0.3, -0.25) is 14.7 Å². The number of piperazine rings is 1. The van der Waals surface area contributed by atoms with Gasteiger partial charge in [0.25, 0.3) is 5.91 Å². The number of benzene rings is 2. The van der Waals surface area contributed by atoms with Crippen LogP contribution in [0.3, 0.4) is 0 Å². The molecule has 0 aliphatic carbocycles. The number of aromatic nitrogens is 1. The van der Waals surface area contributed by atoms with Gasteiger partial charge in [-0.1, -0.05) is 12.1 Å². The van der Waals surface area contributed by atoms with Crippen molar-refractivity contribution in [2.24, 2.45) is 0 Å². The van der Waals surface area contributed by atoms with Gasteiger partial charge in [0.15, 0.2) is 5.58 Å². The lowest BCUT2D eigenvalue weighted by atomic mass is 10.2. The molecule has 1 aliphatic heterocycles. The van der Waals surface area contributed by atoms with Gasteiger partial charge >= 0.3 is 5.76 Å². The Morgan fingerprint density at radius 1 is 1.13 bits per heavy atom. The second-order valence-electron chi connectivity index (χ2n) is 7.69. The van der Waals surface area contributed by atoms with E-state index in [4.69, 9.17) is 9.15 Å². The zero-order valence-corrected chi connectivity index (χ0v) is 17.7. The van der Waals surface area contributed by atoms with Crippen LogP contribution in [0.2, 0.25) is 0 Å². The average molecular weight is 425 g/mol. The highest BCUT2D eigenvalue weighted by molar-refractivity contribution is 5.97. The van der Waals surface area contributed by atoms with E-state index in [0.29, 0.717) is 23.2 Å². The molecule has 2 heterocycles. The van der Waals surface area contributed by atoms with E-state index in [1.54, 1.807) is 25.3 Å². The molecule has 1 aliphatic rings. The summed E-state index contributed by atoms with van der Waals surface area (Å²) in [6.07, 6.45) is 1.95. The van der Waals surface area contributed by atoms with Gasteiger partial charge in [-0.15, -0.1) is 0 Å². The summed E-state index contributed by atoms with van der Waals surface area (Å²) in [5.74, 6) is 0.260. The van der Waals surface area contributed by atoms with Crippen LogP contribution in [0.25, 0.3) is 11.1 Å². The third-order valence-electron chi connectivity index (χ3n) is 5.67. The molecular weight excluding hydrogens is 396 g/mol. The molecule has 1 aromatic heterocycles. The molecule has 0 saturated carbocycles. The lowest BCUT2D eigenvalue weighted by Crippen LogP contribution is -2.46. The number of methoxy groups -OCH3 is 1. The van der Waals surface area contributed by atoms with Crippen LogP contribution < -0.4 is 20.7 Å². The Morgan fingerprint density at radius 2 is 1.94 bits per heavy atom. The molecule has 0 bridgehead atoms. The second kappa shape index (κ2) is 9.70. The molecule has 2 aromatic carbocycles. The Bertz CT molecular complexity index is 1080. The summed E-state index contributed by atoms with van der Waals surface area (Å²) in [7, 11) is 1.71. The molecule has 0 atom stereocenters. The number of hydrogen-bond donors (Lipinski definition) is 2. The van der Waals surface area contributed by atoms with Crippen molar-refractivity contribution in [1.82, 2.24) is 15.2 Å². The lowest BCUT2D eigenvalue weighted by molar-refractivity contribution is 0.0952. The van der Waals surface area contributed by atoms with Gasteiger partial charge < -0.3 is 19.4 Å². The van der Waals surface area contributed by atoms with Crippen molar-refractivity contribution in [3.05, 3.63) is 58.6 Å². The van der Waals surface area contributed by atoms with Gasteiger partial charge in [0, 0.05) is 38.3 Å². The number of ether oxygens (including phenoxy) is 1. The van der Waals surface area contributed by atoms with Crippen LogP contribution in [-0.4, -0.2) is 62.2 Å². The number of amides is 1. The summed E-state index contributed by atoms with van der Waals surface area (Å²) >= 11 is 0. The molecule has 0 spiro atoms. The van der Waals surface area contributed by atoms with Crippen molar-refractivity contribution in [1.29, 1.82) is 0 Å². The number of carbonyl (C=O) groups is 1. The molecule has 2 N–H and O–H groups in total. The maximum absolute atomic E-state index is 12.3. The molecule has 8 nitrogen and oxygen atoms in total. The molecule has 0 unspecified atom stereocenters. The van der Waals surface area contributed by atoms with Crippen molar-refractivity contribution >= 4 is 22.7 Å². The lowest BCUT2D eigenvalue weighted by Gasteiger charge is -2.36. The van der Waals surface area contributed by atoms with E-state index in [1.807, 2.05) is 18.2 Å². The molecule has 0 radical (unpaired) electrons. The molecule has 1 saturated heterocycles. The van der Waals surface area contributed by atoms with Gasteiger partial charge in [0.2, 0.25) is 0 Å². The predicted octanol–water partition coefficient (Wildman–Crippen LogP) is 2.46. The van der Waals surface area contributed by atoms with Crippen LogP contribution in [0.15, 0.2) is 51.7 Å². The number of rotatable bonds is 8. The monoisotopic (exact) mass is 424 g/mol. The number of aromatic amines is 1. The fourth-order valence-electron chi connectivity index (χ4n) is 3.96. The highest BCUT2D eigenvalue weighted by Crippen LogP contribution is 2.28. The smallest absolute Gasteiger partial charge is 0.417 e. The van der Waals surface area contributed by atoms with Crippen LogP contribution in [0.1, 0.15) is 23.2 Å². The molecule has 4 rings (SSSR count). The first-order valence-electron chi connectivity index (χ1n) is 10.7. The zero-order chi connectivity index (χ0) is 21.6. The Hall–Kier alpha value is -3.26. The maximum Gasteiger partial charge on any atom is 0.417 e. The molecule has 3 aromatic rings. The van der Waals surface area contributed by atoms with E-state index in [2.05, 4.69) is 26.2 Å². The van der Waals surface area contributed by atoms with Crippen LogP contribution >= 0.6 is 0 Å². The number of hydrogen-bond acceptors (Lipinski definition) is 6. The summed E-state index contributed by atoms with van der Waals surface area (Å²) < 4.78 is 10.4. The number of carbonyl (C=O) groups excluding carboxylic acids is 1. The van der Waals surface area contributed by atoms with Crippen LogP contribution in [0, 0.1) is 0 Å². The van der Waals surface area contributed by atoms with Crippen LogP contribution in [0.5, 0.6) is 5.75 Å². The Kier molecular flexibility index (Phi) is 6.57. The molecular formula is C23H28N4O4. The molecule has 8 heteroatoms. The topological polar surface area (TPSA) is 90.8 Å². The SMILES string of the molecule is COc1ccccc1N1CCN(CCCCNC(=O)c2ccc3oc(=O)[nH]c3c2)CC1. The Morgan fingerprint density at radius 3 is 2.74 bits per heavy atom. The molecule has 1 fully saturated rings. The molecule has 1 amide bonds. The van der Waals surface area contributed by atoms with Crippen LogP contribution in [0.4, 0.5) is 5.69 Å². The highest BCUT2D eigenvalue weighted by Gasteiger charge is 2.19. The van der Waals surface area contributed by atoms with E-state index < -0.39 is 5.76 Å². The van der Waals surface area contributed by atoms with E-state index in [-0.39, 0.29) is 5.91 Å². The summed E-state index contributed by atoms with van der Waals surface area (Å²) in [6.45, 7) is 5.66. The summed E-state index contributed by atoms with van der Waals surface area (Å²) in [5, 5.41) is 2.95. The fraction of sp³-hybridized carbons (Fsp3) is 0.391. The largest absolute Gasteiger partial charge is 0.495 e. The minimum Gasteiger partial charge on any atom is -0.495 e. The van der Waals surface area contributed by atoms with Crippen LogP contribution in [-0.2, 0) is 0 Å². The molecule has 31 heavy (non-hydrogen) atoms. The fourth-order valence-corrected chi connectivity index (χ4v) is 3.96. The number of fused-ring (bicyclic) bond motifs is 1. The van der Waals surface area contributed by atoms with E-state index >= 15 is 0 Å². The van der Waals surface area contributed by atoms with Crippen molar-refractivity contribution < 1.29 is 13.9 Å². The maximum atomic E-state index is 12.3. The van der Waals surface area contributed by atoms with Crippen molar-refractivity contribution in [2.45, 2.75) is 12.8 Å². The predicted molar refractivity (Wildman–Crippen MR) is 120 cm³/mol. The summed E-state index contributed by atoms with van der Waals surface area (Å²) in [5.41, 5.74) is 2.65. The van der Waals surface area contributed by atoms with Gasteiger partial charge in [-0.25, -0.2) is 4.79 Å². The number of oxazole rings is 1. The first-order chi connectivity index (χ1) is 15.1. The second-order valence-corrected chi connectivity index (χ2v) is 7.69. The van der Waals surface area contributed by atoms with Gasteiger partial charge in [-0.2, -0.15) is 0 Å². The number of nitrogens with one attached hydrogen (secondary N) is 2. The number of anilines is 1. The number of nitrogens with zero attached hydrogens (tertiary/aromatic N) is 2. The van der Waals surface area contributed by atoms with Crippen molar-refractivity contribution in [3.8, 4) is 5.75 Å². The third kappa shape index (κ3) is 5.08. The molecule has 164 valence electrons. The highest BCUT2D eigenvalue weighted by atomic mass is 16.5. The van der Waals surface area contributed by atoms with E-state index in [9.17, 15) is 9.59 Å². The minimum atomic E-state index is -0.517. The number of unbranched alkanes of at least 4 members (excludes halogenated alkanes) is 1. The average Bonchev–Trinajstić information content (AvgIpc) is 3.18. The Labute approximate surface area is 180 Å². The van der Waals surface area contributed by atoms with Crippen molar-refractivity contribution in [2.75, 3.05) is 51.3 Å². The minimum absolute atomic E-state index is 0.144. The zero-order valence-electron chi connectivity index (χ0n) is 17.7. The normalized spacial score (nSPS) is 14.7. The van der Waals surface area contributed by atoms with Gasteiger partial charge in [0.05, 0.1) is 18.3 Å². The quantitative estimate of drug-likeness (QED) is 0.540. The van der Waals surface area contributed by atoms with E-state index in [1.165, 1.54) is 0 Å². The van der Waals surface area contributed by atoms with E-state index in [0.717, 1.165) is 57.0 Å².